The molecule has 2 N–H and O–H groups in total. The molecule has 0 aromatic heterocycles. The molecule has 2 saturated carbocycles. The maximum Gasteiger partial charge on any atom is 0.307 e. The van der Waals surface area contributed by atoms with Gasteiger partial charge in [0.2, 0.25) is 5.91 Å². The summed E-state index contributed by atoms with van der Waals surface area (Å²) in [7, 11) is 0. The predicted octanol–water partition coefficient (Wildman–Crippen LogP) is 2.67. The molecule has 0 saturated heterocycles. The molecule has 20 heavy (non-hydrogen) atoms. The van der Waals surface area contributed by atoms with E-state index in [1.54, 1.807) is 0 Å². The van der Waals surface area contributed by atoms with Gasteiger partial charge in [-0.05, 0) is 30.1 Å². The summed E-state index contributed by atoms with van der Waals surface area (Å²) < 4.78 is 0. The smallest absolute Gasteiger partial charge is 0.307 e. The van der Waals surface area contributed by atoms with Crippen molar-refractivity contribution < 1.29 is 14.7 Å². The van der Waals surface area contributed by atoms with E-state index in [1.165, 1.54) is 12.8 Å². The summed E-state index contributed by atoms with van der Waals surface area (Å²) in [6.07, 6.45) is 4.59. The minimum absolute atomic E-state index is 0.0556. The molecule has 2 fully saturated rings. The molecule has 0 heterocycles. The molecule has 0 radical (unpaired) electrons. The summed E-state index contributed by atoms with van der Waals surface area (Å²) in [5, 5.41) is 12.3. The second kappa shape index (κ2) is 5.38. The van der Waals surface area contributed by atoms with Crippen LogP contribution in [-0.4, -0.2) is 23.0 Å². The molecule has 4 unspecified atom stereocenters. The molecule has 0 aliphatic heterocycles. The third kappa shape index (κ3) is 2.70. The van der Waals surface area contributed by atoms with Gasteiger partial charge in [0.05, 0.1) is 11.8 Å². The first kappa shape index (κ1) is 15.3. The largest absolute Gasteiger partial charge is 0.481 e. The van der Waals surface area contributed by atoms with Crippen molar-refractivity contribution in [3.05, 3.63) is 0 Å². The molecular formula is C16H27NO3. The average Bonchev–Trinajstić information content (AvgIpc) is 2.93. The van der Waals surface area contributed by atoms with E-state index in [4.69, 9.17) is 0 Å². The SMILES string of the molecule is CC(C)C1CCCCC1NC(=O)C1C(C(=O)O)C1(C)C. The number of amides is 1. The van der Waals surface area contributed by atoms with Gasteiger partial charge in [-0.15, -0.1) is 0 Å². The summed E-state index contributed by atoms with van der Waals surface area (Å²) in [5.74, 6) is -0.710. The van der Waals surface area contributed by atoms with Crippen molar-refractivity contribution in [3.63, 3.8) is 0 Å². The highest BCUT2D eigenvalue weighted by Crippen LogP contribution is 2.58. The molecule has 2 aliphatic carbocycles. The van der Waals surface area contributed by atoms with Crippen LogP contribution < -0.4 is 5.32 Å². The van der Waals surface area contributed by atoms with E-state index >= 15 is 0 Å². The summed E-state index contributed by atoms with van der Waals surface area (Å²) in [4.78, 5) is 23.6. The summed E-state index contributed by atoms with van der Waals surface area (Å²) in [6.45, 7) is 8.15. The molecule has 0 aromatic carbocycles. The standard InChI is InChI=1S/C16H27NO3/c1-9(2)10-7-5-6-8-11(10)17-14(18)12-13(15(19)20)16(12,3)4/h9-13H,5-8H2,1-4H3,(H,17,18)(H,19,20). The van der Waals surface area contributed by atoms with E-state index in [9.17, 15) is 14.7 Å². The van der Waals surface area contributed by atoms with Crippen LogP contribution in [-0.2, 0) is 9.59 Å². The fourth-order valence-corrected chi connectivity index (χ4v) is 4.00. The highest BCUT2D eigenvalue weighted by molar-refractivity contribution is 5.91. The Balaban J connectivity index is 1.99. The quantitative estimate of drug-likeness (QED) is 0.832. The molecule has 4 nitrogen and oxygen atoms in total. The Hall–Kier alpha value is -1.06. The maximum absolute atomic E-state index is 12.4. The topological polar surface area (TPSA) is 66.4 Å². The molecule has 4 heteroatoms. The Labute approximate surface area is 121 Å². The molecule has 114 valence electrons. The number of carbonyl (C=O) groups is 2. The first-order valence-electron chi connectivity index (χ1n) is 7.80. The van der Waals surface area contributed by atoms with Crippen LogP contribution >= 0.6 is 0 Å². The van der Waals surface area contributed by atoms with Gasteiger partial charge in [-0.3, -0.25) is 9.59 Å². The number of hydrogen-bond acceptors (Lipinski definition) is 2. The van der Waals surface area contributed by atoms with Gasteiger partial charge in [0.25, 0.3) is 0 Å². The van der Waals surface area contributed by atoms with Crippen molar-refractivity contribution in [2.24, 2.45) is 29.1 Å². The van der Waals surface area contributed by atoms with E-state index in [2.05, 4.69) is 19.2 Å². The van der Waals surface area contributed by atoms with Crippen LogP contribution in [0.4, 0.5) is 0 Å². The van der Waals surface area contributed by atoms with Crippen LogP contribution in [0.3, 0.4) is 0 Å². The third-order valence-electron chi connectivity index (χ3n) is 5.38. The minimum atomic E-state index is -0.848. The highest BCUT2D eigenvalue weighted by Gasteiger charge is 2.66. The number of nitrogens with one attached hydrogen (secondary N) is 1. The maximum atomic E-state index is 12.4. The zero-order valence-electron chi connectivity index (χ0n) is 13.0. The van der Waals surface area contributed by atoms with Crippen molar-refractivity contribution in [1.82, 2.24) is 5.32 Å². The predicted molar refractivity (Wildman–Crippen MR) is 77.1 cm³/mol. The van der Waals surface area contributed by atoms with Gasteiger partial charge in [0, 0.05) is 6.04 Å². The van der Waals surface area contributed by atoms with Gasteiger partial charge in [0.15, 0.2) is 0 Å². The van der Waals surface area contributed by atoms with Crippen molar-refractivity contribution in [2.45, 2.75) is 59.4 Å². The minimum Gasteiger partial charge on any atom is -0.481 e. The van der Waals surface area contributed by atoms with Crippen LogP contribution in [0.2, 0.25) is 0 Å². The zero-order valence-corrected chi connectivity index (χ0v) is 13.0. The first-order valence-corrected chi connectivity index (χ1v) is 7.80. The Morgan fingerprint density at radius 2 is 1.75 bits per heavy atom. The third-order valence-corrected chi connectivity index (χ3v) is 5.38. The van der Waals surface area contributed by atoms with Crippen LogP contribution in [0, 0.1) is 29.1 Å². The Kier molecular flexibility index (Phi) is 4.12. The fraction of sp³-hybridized carbons (Fsp3) is 0.875. The lowest BCUT2D eigenvalue weighted by molar-refractivity contribution is -0.140. The number of hydrogen-bond donors (Lipinski definition) is 2. The Morgan fingerprint density at radius 1 is 1.15 bits per heavy atom. The van der Waals surface area contributed by atoms with Crippen molar-refractivity contribution in [1.29, 1.82) is 0 Å². The Morgan fingerprint density at radius 3 is 2.25 bits per heavy atom. The number of carbonyl (C=O) groups excluding carboxylic acids is 1. The Bertz CT molecular complexity index is 403. The zero-order chi connectivity index (χ0) is 15.1. The lowest BCUT2D eigenvalue weighted by Crippen LogP contribution is -2.45. The summed E-state index contributed by atoms with van der Waals surface area (Å²) in [5.41, 5.74) is -0.405. The number of carboxylic acid groups (broad SMARTS) is 1. The van der Waals surface area contributed by atoms with Crippen LogP contribution in [0.25, 0.3) is 0 Å². The van der Waals surface area contributed by atoms with E-state index in [1.807, 2.05) is 13.8 Å². The van der Waals surface area contributed by atoms with E-state index in [0.29, 0.717) is 11.8 Å². The number of rotatable bonds is 4. The molecule has 4 atom stereocenters. The molecule has 1 amide bonds. The lowest BCUT2D eigenvalue weighted by atomic mass is 9.78. The van der Waals surface area contributed by atoms with Gasteiger partial charge in [0.1, 0.15) is 0 Å². The highest BCUT2D eigenvalue weighted by atomic mass is 16.4. The second-order valence-corrected chi connectivity index (χ2v) is 7.42. The lowest BCUT2D eigenvalue weighted by Gasteiger charge is -2.35. The van der Waals surface area contributed by atoms with Gasteiger partial charge in [-0.2, -0.15) is 0 Å². The average molecular weight is 281 g/mol. The van der Waals surface area contributed by atoms with E-state index in [0.717, 1.165) is 12.8 Å². The van der Waals surface area contributed by atoms with Crippen molar-refractivity contribution in [3.8, 4) is 0 Å². The number of aliphatic carboxylic acids is 1. The monoisotopic (exact) mass is 281 g/mol. The molecule has 0 bridgehead atoms. The van der Waals surface area contributed by atoms with Gasteiger partial charge in [-0.25, -0.2) is 0 Å². The van der Waals surface area contributed by atoms with Crippen LogP contribution in [0.15, 0.2) is 0 Å². The van der Waals surface area contributed by atoms with E-state index < -0.39 is 17.3 Å². The fourth-order valence-electron chi connectivity index (χ4n) is 4.00. The van der Waals surface area contributed by atoms with E-state index in [-0.39, 0.29) is 17.9 Å². The van der Waals surface area contributed by atoms with Crippen molar-refractivity contribution >= 4 is 11.9 Å². The van der Waals surface area contributed by atoms with Gasteiger partial charge >= 0.3 is 5.97 Å². The normalized spacial score (nSPS) is 35.6. The molecule has 2 aliphatic rings. The van der Waals surface area contributed by atoms with Crippen LogP contribution in [0.1, 0.15) is 53.4 Å². The number of carboxylic acids is 1. The van der Waals surface area contributed by atoms with Gasteiger partial charge < -0.3 is 10.4 Å². The molecule has 0 aromatic rings. The second-order valence-electron chi connectivity index (χ2n) is 7.42. The summed E-state index contributed by atoms with van der Waals surface area (Å²) in [6, 6.07) is 0.224. The molecular weight excluding hydrogens is 254 g/mol. The van der Waals surface area contributed by atoms with Crippen LogP contribution in [0.5, 0.6) is 0 Å². The van der Waals surface area contributed by atoms with Gasteiger partial charge in [-0.1, -0.05) is 40.5 Å². The van der Waals surface area contributed by atoms with Crippen molar-refractivity contribution in [2.75, 3.05) is 0 Å². The summed E-state index contributed by atoms with van der Waals surface area (Å²) >= 11 is 0. The molecule has 2 rings (SSSR count). The first-order chi connectivity index (χ1) is 9.26. The molecule has 0 spiro atoms.